The Morgan fingerprint density at radius 3 is 2.55 bits per heavy atom. The number of hydrogen-bond donors (Lipinski definition) is 0. The molecule has 3 rings (SSSR count). The van der Waals surface area contributed by atoms with E-state index in [0.29, 0.717) is 17.7 Å². The molecule has 2 nitrogen and oxygen atoms in total. The van der Waals surface area contributed by atoms with Crippen LogP contribution in [0, 0.1) is 6.92 Å². The van der Waals surface area contributed by atoms with E-state index in [1.165, 1.54) is 0 Å². The Morgan fingerprint density at radius 1 is 1.14 bits per heavy atom. The molecule has 0 fully saturated rings. The molecule has 3 aromatic rings. The van der Waals surface area contributed by atoms with Crippen LogP contribution < -0.4 is 5.56 Å². The minimum absolute atomic E-state index is 0.123. The van der Waals surface area contributed by atoms with Gasteiger partial charge in [-0.3, -0.25) is 4.79 Å². The lowest BCUT2D eigenvalue weighted by molar-refractivity contribution is 0.482. The van der Waals surface area contributed by atoms with Gasteiger partial charge in [-0.2, -0.15) is 0 Å². The number of thiophene rings is 1. The van der Waals surface area contributed by atoms with Crippen LogP contribution in [-0.2, 0) is 13.2 Å². The van der Waals surface area contributed by atoms with Gasteiger partial charge in [-0.05, 0) is 35.6 Å². The molecule has 2 aromatic heterocycles. The van der Waals surface area contributed by atoms with Gasteiger partial charge in [0.25, 0.3) is 5.56 Å². The summed E-state index contributed by atoms with van der Waals surface area (Å²) in [6.07, 6.45) is 0. The van der Waals surface area contributed by atoms with Crippen LogP contribution >= 0.6 is 11.3 Å². The Balaban J connectivity index is 2.21. The topological polar surface area (TPSA) is 22.0 Å². The van der Waals surface area contributed by atoms with E-state index in [-0.39, 0.29) is 5.56 Å². The first kappa shape index (κ1) is 14.7. The molecular formula is C18H16FNOS. The van der Waals surface area contributed by atoms with Gasteiger partial charge in [-0.25, -0.2) is 4.39 Å². The molecule has 0 radical (unpaired) electrons. The van der Waals surface area contributed by atoms with E-state index >= 15 is 0 Å². The molecule has 0 aliphatic carbocycles. The van der Waals surface area contributed by atoms with Crippen LogP contribution in [0.4, 0.5) is 4.39 Å². The van der Waals surface area contributed by atoms with Crippen molar-refractivity contribution in [3.8, 4) is 11.3 Å². The summed E-state index contributed by atoms with van der Waals surface area (Å²) in [7, 11) is 0. The van der Waals surface area contributed by atoms with Crippen molar-refractivity contribution in [3.05, 3.63) is 80.3 Å². The van der Waals surface area contributed by atoms with E-state index in [2.05, 4.69) is 0 Å². The first-order chi connectivity index (χ1) is 10.7. The fourth-order valence-corrected chi connectivity index (χ4v) is 3.20. The highest BCUT2D eigenvalue weighted by molar-refractivity contribution is 7.09. The van der Waals surface area contributed by atoms with E-state index in [9.17, 15) is 9.18 Å². The van der Waals surface area contributed by atoms with Crippen molar-refractivity contribution in [3.63, 3.8) is 0 Å². The molecule has 2 heterocycles. The summed E-state index contributed by atoms with van der Waals surface area (Å²) in [5, 5.41) is 1.99. The molecule has 0 bridgehead atoms. The van der Waals surface area contributed by atoms with Gasteiger partial charge in [0.15, 0.2) is 0 Å². The fraction of sp³-hybridized carbons (Fsp3) is 0.167. The first-order valence-electron chi connectivity index (χ1n) is 7.08. The lowest BCUT2D eigenvalue weighted by Gasteiger charge is -2.15. The second-order valence-corrected chi connectivity index (χ2v) is 6.18. The third kappa shape index (κ3) is 2.74. The standard InChI is InChI=1S/C18H16FNOS/c1-13-15(11-19)10-17(14-6-3-2-4-7-14)20(18(13)21)12-16-8-5-9-22-16/h2-10H,11-12H2,1H3. The van der Waals surface area contributed by atoms with Crippen molar-refractivity contribution in [1.82, 2.24) is 4.57 Å². The summed E-state index contributed by atoms with van der Waals surface area (Å²) in [4.78, 5) is 13.8. The molecule has 0 aliphatic rings. The maximum absolute atomic E-state index is 13.2. The maximum Gasteiger partial charge on any atom is 0.254 e. The molecule has 0 saturated carbocycles. The van der Waals surface area contributed by atoms with Gasteiger partial charge in [0, 0.05) is 10.4 Å². The largest absolute Gasteiger partial charge is 0.303 e. The van der Waals surface area contributed by atoms with Crippen molar-refractivity contribution in [2.24, 2.45) is 0 Å². The number of hydrogen-bond acceptors (Lipinski definition) is 2. The predicted octanol–water partition coefficient (Wildman–Crippen LogP) is 4.40. The van der Waals surface area contributed by atoms with E-state index in [1.807, 2.05) is 47.8 Å². The van der Waals surface area contributed by atoms with Crippen LogP contribution in [-0.4, -0.2) is 4.57 Å². The number of benzene rings is 1. The van der Waals surface area contributed by atoms with Gasteiger partial charge in [0.05, 0.1) is 12.2 Å². The van der Waals surface area contributed by atoms with Crippen LogP contribution in [0.1, 0.15) is 16.0 Å². The average Bonchev–Trinajstić information content (AvgIpc) is 3.06. The minimum atomic E-state index is -0.624. The quantitative estimate of drug-likeness (QED) is 0.699. The number of pyridine rings is 1. The Labute approximate surface area is 132 Å². The second-order valence-electron chi connectivity index (χ2n) is 5.15. The van der Waals surface area contributed by atoms with Crippen LogP contribution in [0.15, 0.2) is 58.7 Å². The molecule has 1 aromatic carbocycles. The van der Waals surface area contributed by atoms with Gasteiger partial charge in [-0.15, -0.1) is 11.3 Å². The van der Waals surface area contributed by atoms with Crippen molar-refractivity contribution in [1.29, 1.82) is 0 Å². The molecule has 4 heteroatoms. The summed E-state index contributed by atoms with van der Waals surface area (Å²) in [6, 6.07) is 15.4. The second kappa shape index (κ2) is 6.28. The van der Waals surface area contributed by atoms with E-state index < -0.39 is 6.67 Å². The highest BCUT2D eigenvalue weighted by atomic mass is 32.1. The Morgan fingerprint density at radius 2 is 1.91 bits per heavy atom. The molecule has 0 N–H and O–H groups in total. The molecular weight excluding hydrogens is 297 g/mol. The summed E-state index contributed by atoms with van der Waals surface area (Å²) in [6.45, 7) is 1.58. The van der Waals surface area contributed by atoms with Crippen LogP contribution in [0.2, 0.25) is 0 Å². The normalized spacial score (nSPS) is 10.8. The number of halogens is 1. The van der Waals surface area contributed by atoms with Crippen LogP contribution in [0.3, 0.4) is 0 Å². The summed E-state index contributed by atoms with van der Waals surface area (Å²) in [5.74, 6) is 0. The molecule has 22 heavy (non-hydrogen) atoms. The predicted molar refractivity (Wildman–Crippen MR) is 89.1 cm³/mol. The zero-order chi connectivity index (χ0) is 15.5. The third-order valence-corrected chi connectivity index (χ3v) is 4.62. The number of rotatable bonds is 4. The maximum atomic E-state index is 13.2. The van der Waals surface area contributed by atoms with Crippen molar-refractivity contribution < 1.29 is 4.39 Å². The van der Waals surface area contributed by atoms with Crippen LogP contribution in [0.25, 0.3) is 11.3 Å². The molecule has 0 spiro atoms. The van der Waals surface area contributed by atoms with Gasteiger partial charge in [-0.1, -0.05) is 36.4 Å². The van der Waals surface area contributed by atoms with Crippen LogP contribution in [0.5, 0.6) is 0 Å². The Hall–Kier alpha value is -2.20. The molecule has 0 aliphatic heterocycles. The smallest absolute Gasteiger partial charge is 0.254 e. The zero-order valence-electron chi connectivity index (χ0n) is 12.3. The minimum Gasteiger partial charge on any atom is -0.303 e. The third-order valence-electron chi connectivity index (χ3n) is 3.76. The van der Waals surface area contributed by atoms with Gasteiger partial charge >= 0.3 is 0 Å². The first-order valence-corrected chi connectivity index (χ1v) is 7.95. The molecule has 112 valence electrons. The fourth-order valence-electron chi connectivity index (χ4n) is 2.50. The van der Waals surface area contributed by atoms with Gasteiger partial charge in [0.2, 0.25) is 0 Å². The Kier molecular flexibility index (Phi) is 4.20. The molecule has 0 atom stereocenters. The molecule has 0 saturated heterocycles. The average molecular weight is 313 g/mol. The van der Waals surface area contributed by atoms with Crippen molar-refractivity contribution in [2.45, 2.75) is 20.1 Å². The number of alkyl halides is 1. The lowest BCUT2D eigenvalue weighted by Crippen LogP contribution is -2.25. The highest BCUT2D eigenvalue weighted by Crippen LogP contribution is 2.23. The van der Waals surface area contributed by atoms with E-state index in [4.69, 9.17) is 0 Å². The lowest BCUT2D eigenvalue weighted by atomic mass is 10.1. The molecule has 0 unspecified atom stereocenters. The number of nitrogens with zero attached hydrogens (tertiary/aromatic N) is 1. The SMILES string of the molecule is Cc1c(CF)cc(-c2ccccc2)n(Cc2cccs2)c1=O. The van der Waals surface area contributed by atoms with Crippen molar-refractivity contribution in [2.75, 3.05) is 0 Å². The van der Waals surface area contributed by atoms with Gasteiger partial charge < -0.3 is 4.57 Å². The van der Waals surface area contributed by atoms with E-state index in [1.54, 1.807) is 28.9 Å². The monoisotopic (exact) mass is 313 g/mol. The van der Waals surface area contributed by atoms with Gasteiger partial charge in [0.1, 0.15) is 6.67 Å². The number of aromatic nitrogens is 1. The molecule has 0 amide bonds. The van der Waals surface area contributed by atoms with Crippen molar-refractivity contribution >= 4 is 11.3 Å². The summed E-state index contributed by atoms with van der Waals surface area (Å²) in [5.41, 5.74) is 2.51. The van der Waals surface area contributed by atoms with E-state index in [0.717, 1.165) is 16.1 Å². The Bertz CT molecular complexity index is 822. The summed E-state index contributed by atoms with van der Waals surface area (Å²) >= 11 is 1.61. The summed E-state index contributed by atoms with van der Waals surface area (Å²) < 4.78 is 15.0. The zero-order valence-corrected chi connectivity index (χ0v) is 13.1. The highest BCUT2D eigenvalue weighted by Gasteiger charge is 2.13.